The summed E-state index contributed by atoms with van der Waals surface area (Å²) in [7, 11) is 8.02. The first-order chi connectivity index (χ1) is 9.85. The molecule has 0 atom stereocenters. The minimum atomic E-state index is -0.0554. The first kappa shape index (κ1) is 15.6. The van der Waals surface area contributed by atoms with E-state index in [9.17, 15) is 4.79 Å². The van der Waals surface area contributed by atoms with Crippen LogP contribution < -0.4 is 16.0 Å². The molecule has 0 unspecified atom stereocenters. The van der Waals surface area contributed by atoms with E-state index in [1.165, 1.54) is 6.42 Å². The van der Waals surface area contributed by atoms with Crippen LogP contribution in [0.5, 0.6) is 0 Å². The molecule has 0 bridgehead atoms. The average Bonchev–Trinajstić information content (AvgIpc) is 2.36. The average molecular weight is 290 g/mol. The standard InChI is InChI=1S/C16H26N4O/c1-19(2)14-7-6-12(10-13(14)17)15(21)18-11-16(20(3)4)8-5-9-16/h6-7,10H,5,8-9,11,17H2,1-4H3,(H,18,21). The van der Waals surface area contributed by atoms with E-state index in [0.29, 0.717) is 17.8 Å². The summed E-state index contributed by atoms with van der Waals surface area (Å²) in [4.78, 5) is 16.4. The number of hydrogen-bond donors (Lipinski definition) is 2. The van der Waals surface area contributed by atoms with E-state index < -0.39 is 0 Å². The van der Waals surface area contributed by atoms with E-state index in [2.05, 4.69) is 24.3 Å². The summed E-state index contributed by atoms with van der Waals surface area (Å²) in [6.45, 7) is 0.689. The molecular weight excluding hydrogens is 264 g/mol. The molecular formula is C16H26N4O. The summed E-state index contributed by atoms with van der Waals surface area (Å²) in [5.41, 5.74) is 8.29. The molecule has 3 N–H and O–H groups in total. The number of nitrogen functional groups attached to an aromatic ring is 1. The Morgan fingerprint density at radius 3 is 2.38 bits per heavy atom. The quantitative estimate of drug-likeness (QED) is 0.808. The fraction of sp³-hybridized carbons (Fsp3) is 0.562. The number of nitrogens with one attached hydrogen (secondary N) is 1. The maximum absolute atomic E-state index is 12.3. The summed E-state index contributed by atoms with van der Waals surface area (Å²) in [6.07, 6.45) is 3.52. The van der Waals surface area contributed by atoms with Crippen LogP contribution in [-0.2, 0) is 0 Å². The van der Waals surface area contributed by atoms with E-state index >= 15 is 0 Å². The van der Waals surface area contributed by atoms with Gasteiger partial charge in [0.1, 0.15) is 0 Å². The molecule has 0 spiro atoms. The van der Waals surface area contributed by atoms with Crippen molar-refractivity contribution in [2.24, 2.45) is 0 Å². The summed E-state index contributed by atoms with van der Waals surface area (Å²) in [6, 6.07) is 5.45. The molecule has 0 aliphatic heterocycles. The molecule has 1 saturated carbocycles. The molecule has 0 saturated heterocycles. The van der Waals surface area contributed by atoms with Crippen molar-refractivity contribution < 1.29 is 4.79 Å². The van der Waals surface area contributed by atoms with Crippen LogP contribution in [0.1, 0.15) is 29.6 Å². The number of likely N-dealkylation sites (N-methyl/N-ethyl adjacent to an activating group) is 1. The summed E-state index contributed by atoms with van der Waals surface area (Å²) < 4.78 is 0. The number of benzene rings is 1. The Kier molecular flexibility index (Phi) is 4.42. The zero-order valence-electron chi connectivity index (χ0n) is 13.4. The van der Waals surface area contributed by atoms with Gasteiger partial charge < -0.3 is 20.9 Å². The Balaban J connectivity index is 2.02. The van der Waals surface area contributed by atoms with Gasteiger partial charge in [0, 0.05) is 31.7 Å². The van der Waals surface area contributed by atoms with E-state index in [-0.39, 0.29) is 11.4 Å². The van der Waals surface area contributed by atoms with E-state index in [1.807, 2.05) is 31.1 Å². The van der Waals surface area contributed by atoms with Crippen LogP contribution in [0, 0.1) is 0 Å². The maximum Gasteiger partial charge on any atom is 0.251 e. The third kappa shape index (κ3) is 3.13. The second-order valence-electron chi connectivity index (χ2n) is 6.32. The molecule has 1 aromatic carbocycles. The van der Waals surface area contributed by atoms with Gasteiger partial charge in [0.2, 0.25) is 0 Å². The normalized spacial score (nSPS) is 16.4. The fourth-order valence-electron chi connectivity index (χ4n) is 2.82. The maximum atomic E-state index is 12.3. The number of nitrogens with zero attached hydrogens (tertiary/aromatic N) is 2. The van der Waals surface area contributed by atoms with Crippen molar-refractivity contribution in [3.05, 3.63) is 23.8 Å². The van der Waals surface area contributed by atoms with E-state index in [1.54, 1.807) is 6.07 Å². The molecule has 5 nitrogen and oxygen atoms in total. The highest BCUT2D eigenvalue weighted by Gasteiger charge is 2.39. The zero-order chi connectivity index (χ0) is 15.6. The molecule has 0 aromatic heterocycles. The molecule has 1 aliphatic rings. The highest BCUT2D eigenvalue weighted by Crippen LogP contribution is 2.35. The monoisotopic (exact) mass is 290 g/mol. The molecule has 0 radical (unpaired) electrons. The summed E-state index contributed by atoms with van der Waals surface area (Å²) >= 11 is 0. The lowest BCUT2D eigenvalue weighted by Gasteiger charge is -2.47. The van der Waals surface area contributed by atoms with Crippen LogP contribution in [0.4, 0.5) is 11.4 Å². The number of anilines is 2. The molecule has 1 fully saturated rings. The Morgan fingerprint density at radius 1 is 1.29 bits per heavy atom. The fourth-order valence-corrected chi connectivity index (χ4v) is 2.82. The summed E-state index contributed by atoms with van der Waals surface area (Å²) in [5.74, 6) is -0.0554. The number of nitrogens with two attached hydrogens (primary N) is 1. The van der Waals surface area contributed by atoms with Crippen LogP contribution in [-0.4, -0.2) is 51.1 Å². The minimum Gasteiger partial charge on any atom is -0.397 e. The molecule has 2 rings (SSSR count). The highest BCUT2D eigenvalue weighted by atomic mass is 16.1. The predicted molar refractivity (Wildman–Crippen MR) is 87.8 cm³/mol. The van der Waals surface area contributed by atoms with Gasteiger partial charge in [-0.1, -0.05) is 0 Å². The number of amides is 1. The highest BCUT2D eigenvalue weighted by molar-refractivity contribution is 5.96. The molecule has 1 aromatic rings. The van der Waals surface area contributed by atoms with Crippen molar-refractivity contribution >= 4 is 17.3 Å². The smallest absolute Gasteiger partial charge is 0.251 e. The third-order valence-electron chi connectivity index (χ3n) is 4.58. The van der Waals surface area contributed by atoms with Crippen molar-refractivity contribution in [1.29, 1.82) is 0 Å². The molecule has 1 aliphatic carbocycles. The van der Waals surface area contributed by atoms with Crippen molar-refractivity contribution in [2.75, 3.05) is 45.4 Å². The van der Waals surface area contributed by atoms with Crippen LogP contribution in [0.25, 0.3) is 0 Å². The van der Waals surface area contributed by atoms with Crippen molar-refractivity contribution in [1.82, 2.24) is 10.2 Å². The van der Waals surface area contributed by atoms with Gasteiger partial charge in [0.25, 0.3) is 5.91 Å². The largest absolute Gasteiger partial charge is 0.397 e. The molecule has 5 heteroatoms. The van der Waals surface area contributed by atoms with Gasteiger partial charge >= 0.3 is 0 Å². The van der Waals surface area contributed by atoms with Crippen LogP contribution in [0.15, 0.2) is 18.2 Å². The predicted octanol–water partition coefficient (Wildman–Crippen LogP) is 1.55. The van der Waals surface area contributed by atoms with E-state index in [4.69, 9.17) is 5.73 Å². The van der Waals surface area contributed by atoms with Crippen molar-refractivity contribution in [2.45, 2.75) is 24.8 Å². The number of carbonyl (C=O) groups is 1. The van der Waals surface area contributed by atoms with Gasteiger partial charge in [0.15, 0.2) is 0 Å². The van der Waals surface area contributed by atoms with Gasteiger partial charge in [-0.15, -0.1) is 0 Å². The second kappa shape index (κ2) is 5.93. The number of carbonyl (C=O) groups excluding carboxylic acids is 1. The number of rotatable bonds is 5. The lowest BCUT2D eigenvalue weighted by atomic mass is 9.75. The summed E-state index contributed by atoms with van der Waals surface area (Å²) in [5, 5.41) is 3.05. The van der Waals surface area contributed by atoms with Crippen LogP contribution in [0.3, 0.4) is 0 Å². The van der Waals surface area contributed by atoms with Gasteiger partial charge in [-0.25, -0.2) is 0 Å². The SMILES string of the molecule is CN(C)c1ccc(C(=O)NCC2(N(C)C)CCC2)cc1N. The number of hydrogen-bond acceptors (Lipinski definition) is 4. The topological polar surface area (TPSA) is 61.6 Å². The first-order valence-corrected chi connectivity index (χ1v) is 7.38. The Morgan fingerprint density at radius 2 is 1.95 bits per heavy atom. The van der Waals surface area contributed by atoms with Crippen molar-refractivity contribution in [3.8, 4) is 0 Å². The Hall–Kier alpha value is -1.75. The minimum absolute atomic E-state index is 0.0554. The van der Waals surface area contributed by atoms with Crippen LogP contribution >= 0.6 is 0 Å². The zero-order valence-corrected chi connectivity index (χ0v) is 13.4. The van der Waals surface area contributed by atoms with Gasteiger partial charge in [-0.2, -0.15) is 0 Å². The van der Waals surface area contributed by atoms with Gasteiger partial charge in [-0.05, 0) is 51.6 Å². The Labute approximate surface area is 127 Å². The second-order valence-corrected chi connectivity index (χ2v) is 6.32. The molecule has 0 heterocycles. The third-order valence-corrected chi connectivity index (χ3v) is 4.58. The lowest BCUT2D eigenvalue weighted by molar-refractivity contribution is 0.0557. The van der Waals surface area contributed by atoms with Crippen molar-refractivity contribution in [3.63, 3.8) is 0 Å². The van der Waals surface area contributed by atoms with Gasteiger partial charge in [-0.3, -0.25) is 4.79 Å². The Bertz CT molecular complexity index is 521. The molecule has 21 heavy (non-hydrogen) atoms. The van der Waals surface area contributed by atoms with Crippen LogP contribution in [0.2, 0.25) is 0 Å². The lowest BCUT2D eigenvalue weighted by Crippen LogP contribution is -2.57. The van der Waals surface area contributed by atoms with Gasteiger partial charge in [0.05, 0.1) is 11.4 Å². The first-order valence-electron chi connectivity index (χ1n) is 7.38. The van der Waals surface area contributed by atoms with E-state index in [0.717, 1.165) is 18.5 Å². The molecule has 1 amide bonds. The molecule has 116 valence electrons.